The number of rotatable bonds is 64. The monoisotopic (exact) mass is 1140 g/mol. The van der Waals surface area contributed by atoms with Crippen LogP contribution in [0.25, 0.3) is 0 Å². The van der Waals surface area contributed by atoms with Crippen LogP contribution in [-0.2, 0) is 28.6 Å². The summed E-state index contributed by atoms with van der Waals surface area (Å²) in [5.74, 6) is -0.888. The highest BCUT2D eigenvalue weighted by Crippen LogP contribution is 2.17. The number of hydrogen-bond donors (Lipinski definition) is 0. The largest absolute Gasteiger partial charge is 0.462 e. The summed E-state index contributed by atoms with van der Waals surface area (Å²) in [5, 5.41) is 0. The van der Waals surface area contributed by atoms with E-state index in [9.17, 15) is 14.4 Å². The van der Waals surface area contributed by atoms with E-state index in [0.717, 1.165) is 122 Å². The van der Waals surface area contributed by atoms with Crippen LogP contribution in [0.1, 0.15) is 348 Å². The van der Waals surface area contributed by atoms with Crippen molar-refractivity contribution in [3.05, 3.63) is 97.2 Å². The van der Waals surface area contributed by atoms with Crippen molar-refractivity contribution in [3.63, 3.8) is 0 Å². The van der Waals surface area contributed by atoms with Gasteiger partial charge in [0.1, 0.15) is 13.2 Å². The van der Waals surface area contributed by atoms with Gasteiger partial charge >= 0.3 is 17.9 Å². The van der Waals surface area contributed by atoms with E-state index in [1.807, 2.05) is 0 Å². The molecule has 0 aromatic heterocycles. The van der Waals surface area contributed by atoms with Gasteiger partial charge in [-0.2, -0.15) is 0 Å². The van der Waals surface area contributed by atoms with Crippen LogP contribution in [0.2, 0.25) is 0 Å². The molecule has 0 aromatic carbocycles. The van der Waals surface area contributed by atoms with Crippen LogP contribution in [0, 0.1) is 0 Å². The van der Waals surface area contributed by atoms with Gasteiger partial charge in [0.15, 0.2) is 6.10 Å². The van der Waals surface area contributed by atoms with Crippen molar-refractivity contribution in [2.24, 2.45) is 0 Å². The zero-order valence-corrected chi connectivity index (χ0v) is 54.2. The average Bonchev–Trinajstić information content (AvgIpc) is 3.47. The van der Waals surface area contributed by atoms with Crippen molar-refractivity contribution in [3.8, 4) is 0 Å². The molecular formula is C76H132O6. The van der Waals surface area contributed by atoms with E-state index in [1.54, 1.807) is 0 Å². The van der Waals surface area contributed by atoms with Crippen LogP contribution >= 0.6 is 0 Å². The van der Waals surface area contributed by atoms with Crippen LogP contribution in [0.3, 0.4) is 0 Å². The van der Waals surface area contributed by atoms with Gasteiger partial charge in [-0.3, -0.25) is 14.4 Å². The Morgan fingerprint density at radius 2 is 0.476 bits per heavy atom. The molecule has 0 N–H and O–H groups in total. The normalized spacial score (nSPS) is 12.7. The first-order valence-electron chi connectivity index (χ1n) is 35.2. The molecule has 82 heavy (non-hydrogen) atoms. The molecule has 0 saturated heterocycles. The van der Waals surface area contributed by atoms with Gasteiger partial charge in [-0.05, 0) is 103 Å². The quantitative estimate of drug-likeness (QED) is 0.0261. The van der Waals surface area contributed by atoms with E-state index in [2.05, 4.69) is 118 Å². The van der Waals surface area contributed by atoms with E-state index in [1.165, 1.54) is 186 Å². The molecule has 0 spiro atoms. The zero-order chi connectivity index (χ0) is 59.2. The highest BCUT2D eigenvalue weighted by Gasteiger charge is 2.19. The van der Waals surface area contributed by atoms with Crippen LogP contribution in [0.15, 0.2) is 97.2 Å². The Labute approximate surface area is 508 Å². The molecule has 0 fully saturated rings. The summed E-state index contributed by atoms with van der Waals surface area (Å²) in [4.78, 5) is 38.5. The van der Waals surface area contributed by atoms with Crippen molar-refractivity contribution >= 4 is 17.9 Å². The Balaban J connectivity index is 4.39. The van der Waals surface area contributed by atoms with E-state index >= 15 is 0 Å². The Morgan fingerprint density at radius 1 is 0.256 bits per heavy atom. The molecule has 0 amide bonds. The highest BCUT2D eigenvalue weighted by molar-refractivity contribution is 5.71. The van der Waals surface area contributed by atoms with Crippen molar-refractivity contribution in [1.82, 2.24) is 0 Å². The molecule has 0 rings (SSSR count). The Morgan fingerprint density at radius 3 is 0.768 bits per heavy atom. The second-order valence-corrected chi connectivity index (χ2v) is 23.4. The number of unbranched alkanes of at least 4 members (excludes halogenated alkanes) is 37. The Kier molecular flexibility index (Phi) is 66.7. The SMILES string of the molecule is CC/C=C\C/C=C\C/C=C\C/C=C\C/C=C\C/C=C\CCCCCCCCC(=O)OCC(COC(=O)CCCCCCCCC/C=C\C/C=C\CCCCC)OC(=O)CCCCCCCCCCCCCCCCCCCCCCCC. The molecule has 1 atom stereocenters. The van der Waals surface area contributed by atoms with Gasteiger partial charge in [-0.15, -0.1) is 0 Å². The summed E-state index contributed by atoms with van der Waals surface area (Å²) in [6.45, 7) is 6.53. The fraction of sp³-hybridized carbons (Fsp3) is 0.750. The van der Waals surface area contributed by atoms with Gasteiger partial charge in [-0.1, -0.05) is 323 Å². The molecule has 6 heteroatoms. The molecule has 0 aliphatic rings. The number of ether oxygens (including phenoxy) is 3. The van der Waals surface area contributed by atoms with E-state index in [-0.39, 0.29) is 31.1 Å². The molecule has 0 aliphatic heterocycles. The van der Waals surface area contributed by atoms with Crippen molar-refractivity contribution in [2.75, 3.05) is 13.2 Å². The summed E-state index contributed by atoms with van der Waals surface area (Å²) in [7, 11) is 0. The third-order valence-electron chi connectivity index (χ3n) is 15.3. The number of esters is 3. The maximum absolute atomic E-state index is 13.0. The number of hydrogen-bond acceptors (Lipinski definition) is 6. The highest BCUT2D eigenvalue weighted by atomic mass is 16.6. The smallest absolute Gasteiger partial charge is 0.306 e. The first kappa shape index (κ1) is 78.3. The van der Waals surface area contributed by atoms with E-state index in [0.29, 0.717) is 19.3 Å². The van der Waals surface area contributed by atoms with Crippen molar-refractivity contribution in [2.45, 2.75) is 354 Å². The van der Waals surface area contributed by atoms with Gasteiger partial charge in [0.25, 0.3) is 0 Å². The lowest BCUT2D eigenvalue weighted by atomic mass is 10.0. The number of carbonyl (C=O) groups is 3. The van der Waals surface area contributed by atoms with Gasteiger partial charge < -0.3 is 14.2 Å². The van der Waals surface area contributed by atoms with E-state index in [4.69, 9.17) is 14.2 Å². The maximum Gasteiger partial charge on any atom is 0.306 e. The number of carbonyl (C=O) groups excluding carboxylic acids is 3. The fourth-order valence-corrected chi connectivity index (χ4v) is 10.1. The van der Waals surface area contributed by atoms with E-state index < -0.39 is 6.10 Å². The lowest BCUT2D eigenvalue weighted by Crippen LogP contribution is -2.30. The molecule has 0 heterocycles. The topological polar surface area (TPSA) is 78.9 Å². The molecule has 0 aliphatic carbocycles. The van der Waals surface area contributed by atoms with Crippen LogP contribution in [0.4, 0.5) is 0 Å². The minimum Gasteiger partial charge on any atom is -0.462 e. The van der Waals surface area contributed by atoms with Crippen molar-refractivity contribution in [1.29, 1.82) is 0 Å². The lowest BCUT2D eigenvalue weighted by molar-refractivity contribution is -0.167. The van der Waals surface area contributed by atoms with Gasteiger partial charge in [0.05, 0.1) is 0 Å². The second-order valence-electron chi connectivity index (χ2n) is 23.4. The Hall–Kier alpha value is -3.67. The second kappa shape index (κ2) is 69.8. The standard InChI is InChI=1S/C76H132O6/c1-4-7-10-13-16-19-22-25-28-31-33-35-37-38-39-41-42-45-48-51-54-57-60-63-66-69-75(78)81-72-73(71-80-74(77)68-65-62-59-56-53-50-47-44-30-27-24-21-18-15-12-9-6-3)82-76(79)70-67-64-61-58-55-52-49-46-43-40-36-34-32-29-26-23-20-17-14-11-8-5-2/h7,10,16,18-19,21,25,27-28,30,33,35,38-39,42,45,73H,4-6,8-9,11-15,17,20,22-24,26,29,31-32,34,36-37,40-41,43-44,46-72H2,1-3H3/b10-7-,19-16-,21-18-,28-25-,30-27-,35-33-,39-38-,45-42-. The number of allylic oxidation sites excluding steroid dienone is 16. The Bertz CT molecular complexity index is 1590. The van der Waals surface area contributed by atoms with Gasteiger partial charge in [0.2, 0.25) is 0 Å². The molecule has 0 aromatic rings. The van der Waals surface area contributed by atoms with Crippen LogP contribution in [0.5, 0.6) is 0 Å². The first-order valence-corrected chi connectivity index (χ1v) is 35.2. The molecule has 6 nitrogen and oxygen atoms in total. The summed E-state index contributed by atoms with van der Waals surface area (Å²) >= 11 is 0. The summed E-state index contributed by atoms with van der Waals surface area (Å²) in [6, 6.07) is 0. The lowest BCUT2D eigenvalue weighted by Gasteiger charge is -2.18. The predicted molar refractivity (Wildman–Crippen MR) is 357 cm³/mol. The molecule has 1 unspecified atom stereocenters. The third kappa shape index (κ3) is 67.1. The van der Waals surface area contributed by atoms with Gasteiger partial charge in [0, 0.05) is 19.3 Å². The predicted octanol–water partition coefficient (Wildman–Crippen LogP) is 24.4. The molecular weight excluding hydrogens is 1010 g/mol. The van der Waals surface area contributed by atoms with Crippen LogP contribution < -0.4 is 0 Å². The molecule has 0 bridgehead atoms. The van der Waals surface area contributed by atoms with Gasteiger partial charge in [-0.25, -0.2) is 0 Å². The van der Waals surface area contributed by atoms with Crippen LogP contribution in [-0.4, -0.2) is 37.2 Å². The minimum absolute atomic E-state index is 0.0839. The fourth-order valence-electron chi connectivity index (χ4n) is 10.1. The maximum atomic E-state index is 13.0. The minimum atomic E-state index is -0.789. The zero-order valence-electron chi connectivity index (χ0n) is 54.2. The molecule has 0 radical (unpaired) electrons. The third-order valence-corrected chi connectivity index (χ3v) is 15.3. The summed E-state index contributed by atoms with van der Waals surface area (Å²) in [5.41, 5.74) is 0. The van der Waals surface area contributed by atoms with Crippen molar-refractivity contribution < 1.29 is 28.6 Å². The summed E-state index contributed by atoms with van der Waals surface area (Å²) < 4.78 is 17.0. The first-order chi connectivity index (χ1) is 40.5. The molecule has 472 valence electrons. The molecule has 0 saturated carbocycles. The average molecular weight is 1140 g/mol. The summed E-state index contributed by atoms with van der Waals surface area (Å²) in [6.07, 6.45) is 94.2.